The Hall–Kier alpha value is -0.860. The Kier molecular flexibility index (Phi) is 5.55. The minimum atomic E-state index is -2.11. The highest BCUT2D eigenvalue weighted by Gasteiger charge is 2.35. The van der Waals surface area contributed by atoms with Crippen molar-refractivity contribution in [3.05, 3.63) is 0 Å². The van der Waals surface area contributed by atoms with Gasteiger partial charge in [-0.3, -0.25) is 9.59 Å². The van der Waals surface area contributed by atoms with Crippen LogP contribution < -0.4 is 0 Å². The number of hydrogen-bond donors (Lipinski definition) is 5. The van der Waals surface area contributed by atoms with Gasteiger partial charge in [-0.25, -0.2) is 0 Å². The summed E-state index contributed by atoms with van der Waals surface area (Å²) in [4.78, 5) is 21.4. The van der Waals surface area contributed by atoms with E-state index in [1.165, 1.54) is 0 Å². The van der Waals surface area contributed by atoms with Crippen molar-refractivity contribution >= 4 is 11.6 Å². The predicted octanol–water partition coefficient (Wildman–Crippen LogP) is -3.42. The van der Waals surface area contributed by atoms with E-state index in [0.717, 1.165) is 6.92 Å². The number of hydrogen-bond acceptors (Lipinski definition) is 7. The van der Waals surface area contributed by atoms with Gasteiger partial charge in [0, 0.05) is 6.92 Å². The number of carbonyl (C=O) groups excluding carboxylic acids is 2. The first kappa shape index (κ1) is 14.1. The molecule has 0 radical (unpaired) electrons. The summed E-state index contributed by atoms with van der Waals surface area (Å²) in [6.45, 7) is 0.0480. The van der Waals surface area contributed by atoms with E-state index in [1.807, 2.05) is 0 Å². The predicted molar refractivity (Wildman–Crippen MR) is 46.8 cm³/mol. The molecule has 7 nitrogen and oxygen atoms in total. The van der Waals surface area contributed by atoms with Crippen LogP contribution in [-0.4, -0.2) is 68.1 Å². The molecule has 5 N–H and O–H groups in total. The fourth-order valence-electron chi connectivity index (χ4n) is 0.886. The van der Waals surface area contributed by atoms with Crippen molar-refractivity contribution in [2.75, 3.05) is 6.61 Å². The van der Waals surface area contributed by atoms with Crippen LogP contribution in [0.3, 0.4) is 0 Å². The van der Waals surface area contributed by atoms with Crippen LogP contribution in [-0.2, 0) is 9.59 Å². The van der Waals surface area contributed by atoms with Gasteiger partial charge in [-0.1, -0.05) is 0 Å². The Bertz CT molecular complexity index is 239. The van der Waals surface area contributed by atoms with Gasteiger partial charge >= 0.3 is 0 Å². The highest BCUT2D eigenvalue weighted by atomic mass is 16.4. The van der Waals surface area contributed by atoms with E-state index in [9.17, 15) is 9.59 Å². The Balaban J connectivity index is 4.50. The number of rotatable bonds is 6. The zero-order chi connectivity index (χ0) is 12.2. The topological polar surface area (TPSA) is 135 Å². The summed E-state index contributed by atoms with van der Waals surface area (Å²) in [6, 6.07) is 0. The van der Waals surface area contributed by atoms with E-state index in [-0.39, 0.29) is 0 Å². The van der Waals surface area contributed by atoms with E-state index in [2.05, 4.69) is 0 Å². The first-order valence-corrected chi connectivity index (χ1v) is 4.20. The minimum absolute atomic E-state index is 0.848. The van der Waals surface area contributed by atoms with Crippen LogP contribution in [0.15, 0.2) is 0 Å². The summed E-state index contributed by atoms with van der Waals surface area (Å²) in [5, 5.41) is 44.7. The van der Waals surface area contributed by atoms with Crippen LogP contribution in [0.5, 0.6) is 0 Å². The standard InChI is InChI=1S/C8H14O7/c1-3(10)5(12)7(14)8(15)6(13)4(11)2-9/h4,6-9,11,13-15H,2H2,1H3. The van der Waals surface area contributed by atoms with Crippen molar-refractivity contribution in [3.8, 4) is 0 Å². The summed E-state index contributed by atoms with van der Waals surface area (Å²) >= 11 is 0. The second kappa shape index (κ2) is 5.89. The van der Waals surface area contributed by atoms with Gasteiger partial charge < -0.3 is 25.5 Å². The molecule has 0 aromatic carbocycles. The summed E-state index contributed by atoms with van der Waals surface area (Å²) < 4.78 is 0. The first-order chi connectivity index (χ1) is 6.82. The fourth-order valence-corrected chi connectivity index (χ4v) is 0.886. The highest BCUT2D eigenvalue weighted by Crippen LogP contribution is 2.06. The quantitative estimate of drug-likeness (QED) is 0.295. The zero-order valence-corrected chi connectivity index (χ0v) is 8.07. The number of aliphatic hydroxyl groups excluding tert-OH is 5. The molecule has 0 amide bonds. The van der Waals surface area contributed by atoms with Crippen molar-refractivity contribution in [1.29, 1.82) is 0 Å². The maximum Gasteiger partial charge on any atom is 0.229 e. The average molecular weight is 222 g/mol. The van der Waals surface area contributed by atoms with Crippen molar-refractivity contribution in [2.24, 2.45) is 0 Å². The number of aliphatic hydroxyl groups is 5. The van der Waals surface area contributed by atoms with Crippen LogP contribution in [0.4, 0.5) is 0 Å². The zero-order valence-electron chi connectivity index (χ0n) is 8.07. The highest BCUT2D eigenvalue weighted by molar-refractivity contribution is 6.38. The largest absolute Gasteiger partial charge is 0.394 e. The average Bonchev–Trinajstić information content (AvgIpc) is 2.23. The van der Waals surface area contributed by atoms with Crippen LogP contribution in [0.2, 0.25) is 0 Å². The Labute approximate surface area is 85.6 Å². The Morgan fingerprint density at radius 1 is 1.07 bits per heavy atom. The molecule has 4 atom stereocenters. The van der Waals surface area contributed by atoms with Crippen molar-refractivity contribution in [3.63, 3.8) is 0 Å². The van der Waals surface area contributed by atoms with Crippen LogP contribution >= 0.6 is 0 Å². The van der Waals surface area contributed by atoms with Gasteiger partial charge in [-0.05, 0) is 0 Å². The van der Waals surface area contributed by atoms with Crippen molar-refractivity contribution < 1.29 is 35.1 Å². The van der Waals surface area contributed by atoms with Gasteiger partial charge in [0.2, 0.25) is 5.78 Å². The third-order valence-electron chi connectivity index (χ3n) is 1.87. The molecule has 4 unspecified atom stereocenters. The van der Waals surface area contributed by atoms with Crippen LogP contribution in [0.25, 0.3) is 0 Å². The lowest BCUT2D eigenvalue weighted by Gasteiger charge is -2.24. The van der Waals surface area contributed by atoms with E-state index in [4.69, 9.17) is 25.5 Å². The summed E-state index contributed by atoms with van der Waals surface area (Å²) in [5.74, 6) is -2.25. The van der Waals surface area contributed by atoms with E-state index >= 15 is 0 Å². The van der Waals surface area contributed by atoms with Crippen molar-refractivity contribution in [2.45, 2.75) is 31.3 Å². The second-order valence-electron chi connectivity index (χ2n) is 3.10. The smallest absolute Gasteiger partial charge is 0.229 e. The lowest BCUT2D eigenvalue weighted by Crippen LogP contribution is -2.49. The number of carbonyl (C=O) groups is 2. The normalized spacial score (nSPS) is 19.1. The first-order valence-electron chi connectivity index (χ1n) is 4.20. The molecule has 0 aliphatic heterocycles. The van der Waals surface area contributed by atoms with Gasteiger partial charge in [0.1, 0.15) is 24.4 Å². The van der Waals surface area contributed by atoms with Crippen molar-refractivity contribution in [1.82, 2.24) is 0 Å². The molecule has 0 saturated heterocycles. The molecule has 15 heavy (non-hydrogen) atoms. The molecule has 0 rings (SSSR count). The van der Waals surface area contributed by atoms with E-state index < -0.39 is 42.6 Å². The molecule has 0 saturated carbocycles. The number of ketones is 2. The number of Topliss-reactive ketones (excluding diaryl/α,β-unsaturated/α-hetero) is 2. The van der Waals surface area contributed by atoms with Gasteiger partial charge in [-0.15, -0.1) is 0 Å². The van der Waals surface area contributed by atoms with Gasteiger partial charge in [-0.2, -0.15) is 0 Å². The molecule has 0 heterocycles. The molecule has 0 aliphatic carbocycles. The second-order valence-corrected chi connectivity index (χ2v) is 3.10. The SMILES string of the molecule is CC(=O)C(=O)C(O)C(O)C(O)C(O)CO. The van der Waals surface area contributed by atoms with Crippen LogP contribution in [0.1, 0.15) is 6.92 Å². The lowest BCUT2D eigenvalue weighted by atomic mass is 9.99. The molecular weight excluding hydrogens is 208 g/mol. The summed E-state index contributed by atoms with van der Waals surface area (Å²) in [7, 11) is 0. The monoisotopic (exact) mass is 222 g/mol. The Morgan fingerprint density at radius 2 is 1.53 bits per heavy atom. The third kappa shape index (κ3) is 3.65. The summed E-state index contributed by atoms with van der Waals surface area (Å²) in [6.07, 6.45) is -7.75. The lowest BCUT2D eigenvalue weighted by molar-refractivity contribution is -0.153. The maximum absolute atomic E-state index is 10.9. The molecule has 0 spiro atoms. The molecule has 7 heteroatoms. The van der Waals surface area contributed by atoms with Crippen LogP contribution in [0, 0.1) is 0 Å². The Morgan fingerprint density at radius 3 is 1.87 bits per heavy atom. The van der Waals surface area contributed by atoms with Gasteiger partial charge in [0.25, 0.3) is 0 Å². The molecular formula is C8H14O7. The minimum Gasteiger partial charge on any atom is -0.394 e. The van der Waals surface area contributed by atoms with E-state index in [1.54, 1.807) is 0 Å². The molecule has 0 aromatic heterocycles. The third-order valence-corrected chi connectivity index (χ3v) is 1.87. The summed E-state index contributed by atoms with van der Waals surface area (Å²) in [5.41, 5.74) is 0. The van der Waals surface area contributed by atoms with Gasteiger partial charge in [0.15, 0.2) is 5.78 Å². The fraction of sp³-hybridized carbons (Fsp3) is 0.750. The molecule has 0 aliphatic rings. The maximum atomic E-state index is 10.9. The molecule has 0 fully saturated rings. The van der Waals surface area contributed by atoms with Gasteiger partial charge in [0.05, 0.1) is 6.61 Å². The van der Waals surface area contributed by atoms with E-state index in [0.29, 0.717) is 0 Å². The molecule has 0 aromatic rings. The molecule has 0 bridgehead atoms. The molecule has 88 valence electrons.